The van der Waals surface area contributed by atoms with Crippen molar-refractivity contribution >= 4 is 17.3 Å². The van der Waals surface area contributed by atoms with E-state index in [1.54, 1.807) is 0 Å². The van der Waals surface area contributed by atoms with Crippen molar-refractivity contribution in [1.82, 2.24) is 0 Å². The summed E-state index contributed by atoms with van der Waals surface area (Å²) in [6, 6.07) is 3.43. The SMILES string of the molecule is CCCCC(C)Nc1cc(C(F)(F)F)ccc1Cl. The predicted molar refractivity (Wildman–Crippen MR) is 69.1 cm³/mol. The maximum atomic E-state index is 12.6. The van der Waals surface area contributed by atoms with E-state index in [-0.39, 0.29) is 6.04 Å². The van der Waals surface area contributed by atoms with Gasteiger partial charge in [0.05, 0.1) is 16.3 Å². The normalized spacial score (nSPS) is 13.4. The van der Waals surface area contributed by atoms with Crippen molar-refractivity contribution < 1.29 is 13.2 Å². The first-order chi connectivity index (χ1) is 8.34. The van der Waals surface area contributed by atoms with Crippen LogP contribution in [0, 0.1) is 0 Å². The number of anilines is 1. The van der Waals surface area contributed by atoms with Crippen molar-refractivity contribution in [2.24, 2.45) is 0 Å². The number of hydrogen-bond acceptors (Lipinski definition) is 1. The highest BCUT2D eigenvalue weighted by atomic mass is 35.5. The van der Waals surface area contributed by atoms with E-state index >= 15 is 0 Å². The van der Waals surface area contributed by atoms with Crippen LogP contribution in [-0.2, 0) is 6.18 Å². The van der Waals surface area contributed by atoms with Crippen molar-refractivity contribution in [3.8, 4) is 0 Å². The highest BCUT2D eigenvalue weighted by Crippen LogP contribution is 2.34. The Labute approximate surface area is 110 Å². The van der Waals surface area contributed by atoms with Gasteiger partial charge >= 0.3 is 6.18 Å². The number of benzene rings is 1. The zero-order chi connectivity index (χ0) is 13.8. The van der Waals surface area contributed by atoms with E-state index in [0.717, 1.165) is 31.4 Å². The quantitative estimate of drug-likeness (QED) is 0.766. The van der Waals surface area contributed by atoms with Crippen LogP contribution in [0.5, 0.6) is 0 Å². The van der Waals surface area contributed by atoms with Crippen LogP contribution < -0.4 is 5.32 Å². The molecule has 0 spiro atoms. The summed E-state index contributed by atoms with van der Waals surface area (Å²) in [7, 11) is 0. The first-order valence-corrected chi connectivity index (χ1v) is 6.35. The number of rotatable bonds is 5. The molecule has 0 aliphatic heterocycles. The largest absolute Gasteiger partial charge is 0.416 e. The topological polar surface area (TPSA) is 12.0 Å². The second kappa shape index (κ2) is 6.32. The van der Waals surface area contributed by atoms with Gasteiger partial charge in [-0.3, -0.25) is 0 Å². The molecule has 1 aromatic rings. The zero-order valence-electron chi connectivity index (χ0n) is 10.4. The molecule has 1 aromatic carbocycles. The van der Waals surface area contributed by atoms with E-state index < -0.39 is 11.7 Å². The minimum atomic E-state index is -4.34. The van der Waals surface area contributed by atoms with Gasteiger partial charge in [0.1, 0.15) is 0 Å². The molecule has 0 radical (unpaired) electrons. The van der Waals surface area contributed by atoms with Gasteiger partial charge in [-0.1, -0.05) is 31.4 Å². The minimum absolute atomic E-state index is 0.103. The monoisotopic (exact) mass is 279 g/mol. The van der Waals surface area contributed by atoms with Crippen LogP contribution in [0.3, 0.4) is 0 Å². The van der Waals surface area contributed by atoms with Gasteiger partial charge in [0.2, 0.25) is 0 Å². The summed E-state index contributed by atoms with van der Waals surface area (Å²) in [5.74, 6) is 0. The average molecular weight is 280 g/mol. The number of nitrogens with one attached hydrogen (secondary N) is 1. The average Bonchev–Trinajstić information content (AvgIpc) is 2.28. The van der Waals surface area contributed by atoms with E-state index in [4.69, 9.17) is 11.6 Å². The number of unbranched alkanes of at least 4 members (excludes halogenated alkanes) is 1. The van der Waals surface area contributed by atoms with E-state index in [0.29, 0.717) is 10.7 Å². The summed E-state index contributed by atoms with van der Waals surface area (Å²) >= 11 is 5.89. The number of alkyl halides is 3. The van der Waals surface area contributed by atoms with Gasteiger partial charge in [0.15, 0.2) is 0 Å². The minimum Gasteiger partial charge on any atom is -0.381 e. The molecule has 0 heterocycles. The fourth-order valence-corrected chi connectivity index (χ4v) is 1.83. The highest BCUT2D eigenvalue weighted by molar-refractivity contribution is 6.33. The lowest BCUT2D eigenvalue weighted by atomic mass is 10.1. The van der Waals surface area contributed by atoms with Crippen LogP contribution in [-0.4, -0.2) is 6.04 Å². The third-order valence-electron chi connectivity index (χ3n) is 2.69. The van der Waals surface area contributed by atoms with Crippen LogP contribution in [0.25, 0.3) is 0 Å². The standard InChI is InChI=1S/C13H17ClF3N/c1-3-4-5-9(2)18-12-8-10(13(15,16)17)6-7-11(12)14/h6-9,18H,3-5H2,1-2H3. The van der Waals surface area contributed by atoms with Gasteiger partial charge in [0, 0.05) is 6.04 Å². The molecule has 1 rings (SSSR count). The second-order valence-corrected chi connectivity index (χ2v) is 4.79. The molecular formula is C13H17ClF3N. The van der Waals surface area contributed by atoms with Crippen LogP contribution in [0.4, 0.5) is 18.9 Å². The summed E-state index contributed by atoms with van der Waals surface area (Å²) in [5.41, 5.74) is -0.341. The van der Waals surface area contributed by atoms with Crippen molar-refractivity contribution in [2.75, 3.05) is 5.32 Å². The summed E-state index contributed by atoms with van der Waals surface area (Å²) < 4.78 is 37.7. The number of hydrogen-bond donors (Lipinski definition) is 1. The Bertz CT molecular complexity index is 390. The van der Waals surface area contributed by atoms with E-state index in [9.17, 15) is 13.2 Å². The number of halogens is 4. The van der Waals surface area contributed by atoms with Gasteiger partial charge in [-0.05, 0) is 31.5 Å². The molecule has 1 atom stereocenters. The smallest absolute Gasteiger partial charge is 0.381 e. The van der Waals surface area contributed by atoms with Gasteiger partial charge in [-0.25, -0.2) is 0 Å². The van der Waals surface area contributed by atoms with Gasteiger partial charge in [-0.15, -0.1) is 0 Å². The summed E-state index contributed by atoms with van der Waals surface area (Å²) in [6.07, 6.45) is -1.34. The lowest BCUT2D eigenvalue weighted by Crippen LogP contribution is -2.16. The first kappa shape index (κ1) is 15.2. The van der Waals surface area contributed by atoms with Crippen LogP contribution in [0.1, 0.15) is 38.7 Å². The molecule has 18 heavy (non-hydrogen) atoms. The summed E-state index contributed by atoms with van der Waals surface area (Å²) in [4.78, 5) is 0. The summed E-state index contributed by atoms with van der Waals surface area (Å²) in [6.45, 7) is 4.01. The molecule has 1 nitrogen and oxygen atoms in total. The lowest BCUT2D eigenvalue weighted by molar-refractivity contribution is -0.137. The Hall–Kier alpha value is -0.900. The fourth-order valence-electron chi connectivity index (χ4n) is 1.66. The molecule has 0 saturated heterocycles. The molecule has 5 heteroatoms. The Morgan fingerprint density at radius 3 is 2.56 bits per heavy atom. The van der Waals surface area contributed by atoms with Gasteiger partial charge in [-0.2, -0.15) is 13.2 Å². The third-order valence-corrected chi connectivity index (χ3v) is 3.02. The molecule has 0 saturated carbocycles. The second-order valence-electron chi connectivity index (χ2n) is 4.38. The van der Waals surface area contributed by atoms with E-state index in [2.05, 4.69) is 12.2 Å². The molecule has 0 fully saturated rings. The van der Waals surface area contributed by atoms with Gasteiger partial charge in [0.25, 0.3) is 0 Å². The van der Waals surface area contributed by atoms with Crippen molar-refractivity contribution in [2.45, 2.75) is 45.3 Å². The molecule has 1 N–H and O–H groups in total. The molecule has 0 amide bonds. The maximum absolute atomic E-state index is 12.6. The van der Waals surface area contributed by atoms with Crippen LogP contribution in [0.2, 0.25) is 5.02 Å². The van der Waals surface area contributed by atoms with Crippen LogP contribution in [0.15, 0.2) is 18.2 Å². The fraction of sp³-hybridized carbons (Fsp3) is 0.538. The van der Waals surface area contributed by atoms with Crippen LogP contribution >= 0.6 is 11.6 Å². The van der Waals surface area contributed by atoms with Crippen molar-refractivity contribution in [3.05, 3.63) is 28.8 Å². The highest BCUT2D eigenvalue weighted by Gasteiger charge is 2.31. The third kappa shape index (κ3) is 4.41. The molecule has 0 aromatic heterocycles. The van der Waals surface area contributed by atoms with Gasteiger partial charge < -0.3 is 5.32 Å². The Kier molecular flexibility index (Phi) is 5.32. The van der Waals surface area contributed by atoms with Crippen molar-refractivity contribution in [1.29, 1.82) is 0 Å². The Balaban J connectivity index is 2.81. The zero-order valence-corrected chi connectivity index (χ0v) is 11.2. The lowest BCUT2D eigenvalue weighted by Gasteiger charge is -2.17. The van der Waals surface area contributed by atoms with E-state index in [1.807, 2.05) is 6.92 Å². The summed E-state index contributed by atoms with van der Waals surface area (Å²) in [5, 5.41) is 3.34. The molecular weight excluding hydrogens is 263 g/mol. The van der Waals surface area contributed by atoms with Crippen molar-refractivity contribution in [3.63, 3.8) is 0 Å². The molecule has 0 aliphatic carbocycles. The van der Waals surface area contributed by atoms with E-state index in [1.165, 1.54) is 6.07 Å². The predicted octanol–water partition coefficient (Wildman–Crippen LogP) is 5.35. The maximum Gasteiger partial charge on any atom is 0.416 e. The Morgan fingerprint density at radius 2 is 2.00 bits per heavy atom. The first-order valence-electron chi connectivity index (χ1n) is 5.98. The molecule has 102 valence electrons. The molecule has 0 bridgehead atoms. The molecule has 1 unspecified atom stereocenters. The molecule has 0 aliphatic rings. The Morgan fingerprint density at radius 1 is 1.33 bits per heavy atom.